The van der Waals surface area contributed by atoms with Crippen molar-refractivity contribution < 1.29 is 14.3 Å². The fourth-order valence-corrected chi connectivity index (χ4v) is 3.10. The molecule has 0 radical (unpaired) electrons. The first-order chi connectivity index (χ1) is 14.4. The van der Waals surface area contributed by atoms with Crippen LogP contribution in [0.2, 0.25) is 0 Å². The molecule has 0 aliphatic rings. The van der Waals surface area contributed by atoms with Gasteiger partial charge in [-0.1, -0.05) is 29.8 Å². The molecule has 3 aromatic carbocycles. The normalized spacial score (nSPS) is 11.0. The monoisotopic (exact) mass is 512 g/mol. The maximum absolute atomic E-state index is 12.9. The molecule has 0 aliphatic carbocycles. The van der Waals surface area contributed by atoms with Gasteiger partial charge in [-0.3, -0.25) is 9.59 Å². The zero-order chi connectivity index (χ0) is 21.5. The van der Waals surface area contributed by atoms with Crippen LogP contribution in [0.4, 0.5) is 5.69 Å². The van der Waals surface area contributed by atoms with Crippen molar-refractivity contribution >= 4 is 46.2 Å². The minimum Gasteiger partial charge on any atom is -0.497 e. The third kappa shape index (κ3) is 5.93. The molecule has 0 unspecified atom stereocenters. The van der Waals surface area contributed by atoms with Crippen molar-refractivity contribution in [2.45, 2.75) is 6.92 Å². The second kappa shape index (κ2) is 10.1. The van der Waals surface area contributed by atoms with Crippen molar-refractivity contribution in [3.05, 3.63) is 98.8 Å². The van der Waals surface area contributed by atoms with Crippen molar-refractivity contribution in [1.29, 1.82) is 0 Å². The largest absolute Gasteiger partial charge is 0.497 e. The number of anilines is 1. The number of halogens is 1. The van der Waals surface area contributed by atoms with Crippen LogP contribution in [0.3, 0.4) is 0 Å². The smallest absolute Gasteiger partial charge is 0.272 e. The summed E-state index contributed by atoms with van der Waals surface area (Å²) in [6.07, 6.45) is 1.63. The van der Waals surface area contributed by atoms with E-state index in [2.05, 4.69) is 33.2 Å². The second-order valence-electron chi connectivity index (χ2n) is 6.62. The molecule has 0 heterocycles. The van der Waals surface area contributed by atoms with E-state index in [1.807, 2.05) is 55.5 Å². The van der Waals surface area contributed by atoms with Gasteiger partial charge in [-0.2, -0.15) is 0 Å². The fourth-order valence-electron chi connectivity index (χ4n) is 2.74. The Hall–Kier alpha value is -3.13. The summed E-state index contributed by atoms with van der Waals surface area (Å²) >= 11 is 2.20. The van der Waals surface area contributed by atoms with Crippen LogP contribution in [-0.4, -0.2) is 18.9 Å². The van der Waals surface area contributed by atoms with Crippen LogP contribution >= 0.6 is 22.6 Å². The molecule has 0 aliphatic heterocycles. The van der Waals surface area contributed by atoms with Gasteiger partial charge in [0.1, 0.15) is 11.4 Å². The average Bonchev–Trinajstić information content (AvgIpc) is 2.75. The van der Waals surface area contributed by atoms with Crippen molar-refractivity contribution in [2.75, 3.05) is 12.4 Å². The predicted octanol–water partition coefficient (Wildman–Crippen LogP) is 5.02. The highest BCUT2D eigenvalue weighted by Crippen LogP contribution is 2.16. The Morgan fingerprint density at radius 2 is 1.67 bits per heavy atom. The zero-order valence-corrected chi connectivity index (χ0v) is 18.8. The van der Waals surface area contributed by atoms with E-state index in [-0.39, 0.29) is 11.6 Å². The van der Waals surface area contributed by atoms with E-state index in [1.54, 1.807) is 37.5 Å². The van der Waals surface area contributed by atoms with E-state index < -0.39 is 5.91 Å². The van der Waals surface area contributed by atoms with Crippen LogP contribution in [0.1, 0.15) is 21.5 Å². The summed E-state index contributed by atoms with van der Waals surface area (Å²) in [6.45, 7) is 1.91. The number of carbonyl (C=O) groups is 2. The standard InChI is InChI=1S/C24H21IN2O3/c1-16-4-3-5-18(14-16)23(28)27-22(15-17-6-12-21(30-2)13-7-17)24(29)26-20-10-8-19(25)9-11-20/h3-15H,1-2H3,(H,26,29)(H,27,28). The molecule has 0 bridgehead atoms. The highest BCUT2D eigenvalue weighted by atomic mass is 127. The van der Waals surface area contributed by atoms with Crippen LogP contribution in [0, 0.1) is 10.5 Å². The number of rotatable bonds is 6. The molecular weight excluding hydrogens is 491 g/mol. The highest BCUT2D eigenvalue weighted by Gasteiger charge is 2.15. The maximum atomic E-state index is 12.9. The Balaban J connectivity index is 1.88. The number of aryl methyl sites for hydroxylation is 1. The molecule has 5 nitrogen and oxygen atoms in total. The van der Waals surface area contributed by atoms with Crippen LogP contribution < -0.4 is 15.4 Å². The molecule has 0 aromatic heterocycles. The Kier molecular flexibility index (Phi) is 7.24. The van der Waals surface area contributed by atoms with Crippen molar-refractivity contribution in [3.8, 4) is 5.75 Å². The van der Waals surface area contributed by atoms with Gasteiger partial charge in [-0.25, -0.2) is 0 Å². The Morgan fingerprint density at radius 1 is 0.967 bits per heavy atom. The molecule has 30 heavy (non-hydrogen) atoms. The van der Waals surface area contributed by atoms with E-state index in [0.29, 0.717) is 17.0 Å². The first-order valence-corrected chi connectivity index (χ1v) is 10.3. The van der Waals surface area contributed by atoms with Gasteiger partial charge in [0.05, 0.1) is 7.11 Å². The molecular formula is C24H21IN2O3. The Morgan fingerprint density at radius 3 is 2.30 bits per heavy atom. The van der Waals surface area contributed by atoms with Gasteiger partial charge in [0.15, 0.2) is 0 Å². The van der Waals surface area contributed by atoms with Gasteiger partial charge >= 0.3 is 0 Å². The molecule has 0 saturated carbocycles. The molecule has 2 N–H and O–H groups in total. The number of methoxy groups -OCH3 is 1. The van der Waals surface area contributed by atoms with Gasteiger partial charge in [0.2, 0.25) is 0 Å². The summed E-state index contributed by atoms with van der Waals surface area (Å²) < 4.78 is 6.24. The molecule has 0 atom stereocenters. The van der Waals surface area contributed by atoms with Crippen LogP contribution in [-0.2, 0) is 4.79 Å². The van der Waals surface area contributed by atoms with Gasteiger partial charge in [0.25, 0.3) is 11.8 Å². The number of carbonyl (C=O) groups excluding carboxylic acids is 2. The number of hydrogen-bond donors (Lipinski definition) is 2. The lowest BCUT2D eigenvalue weighted by Crippen LogP contribution is -2.30. The van der Waals surface area contributed by atoms with Gasteiger partial charge in [0, 0.05) is 14.8 Å². The van der Waals surface area contributed by atoms with E-state index in [4.69, 9.17) is 4.74 Å². The first kappa shape index (κ1) is 21.6. The molecule has 0 fully saturated rings. The van der Waals surface area contributed by atoms with E-state index >= 15 is 0 Å². The molecule has 3 rings (SSSR count). The molecule has 0 spiro atoms. The number of benzene rings is 3. The Labute approximate surface area is 189 Å². The highest BCUT2D eigenvalue weighted by molar-refractivity contribution is 14.1. The molecule has 2 amide bonds. The van der Waals surface area contributed by atoms with E-state index in [0.717, 1.165) is 14.7 Å². The van der Waals surface area contributed by atoms with E-state index in [1.165, 1.54) is 0 Å². The first-order valence-electron chi connectivity index (χ1n) is 9.25. The lowest BCUT2D eigenvalue weighted by molar-refractivity contribution is -0.113. The summed E-state index contributed by atoms with van der Waals surface area (Å²) in [4.78, 5) is 25.7. The van der Waals surface area contributed by atoms with Gasteiger partial charge < -0.3 is 15.4 Å². The van der Waals surface area contributed by atoms with Crippen molar-refractivity contribution in [3.63, 3.8) is 0 Å². The third-order valence-electron chi connectivity index (χ3n) is 4.30. The van der Waals surface area contributed by atoms with Gasteiger partial charge in [-0.05, 0) is 89.7 Å². The summed E-state index contributed by atoms with van der Waals surface area (Å²) in [5.41, 5.74) is 2.99. The van der Waals surface area contributed by atoms with Crippen molar-refractivity contribution in [1.82, 2.24) is 5.32 Å². The lowest BCUT2D eigenvalue weighted by atomic mass is 10.1. The fraction of sp³-hybridized carbons (Fsp3) is 0.0833. The lowest BCUT2D eigenvalue weighted by Gasteiger charge is -2.12. The average molecular weight is 512 g/mol. The summed E-state index contributed by atoms with van der Waals surface area (Å²) in [6, 6.07) is 21.8. The zero-order valence-electron chi connectivity index (χ0n) is 16.6. The SMILES string of the molecule is COc1ccc(C=C(NC(=O)c2cccc(C)c2)C(=O)Nc2ccc(I)cc2)cc1. The number of amides is 2. The third-order valence-corrected chi connectivity index (χ3v) is 5.02. The van der Waals surface area contributed by atoms with Crippen LogP contribution in [0.5, 0.6) is 5.75 Å². The summed E-state index contributed by atoms with van der Waals surface area (Å²) in [7, 11) is 1.59. The topological polar surface area (TPSA) is 67.4 Å². The summed E-state index contributed by atoms with van der Waals surface area (Å²) in [5.74, 6) is -0.0508. The minimum atomic E-state index is -0.409. The molecule has 152 valence electrons. The maximum Gasteiger partial charge on any atom is 0.272 e. The van der Waals surface area contributed by atoms with Crippen LogP contribution in [0.25, 0.3) is 6.08 Å². The number of nitrogens with one attached hydrogen (secondary N) is 2. The Bertz CT molecular complexity index is 1070. The summed E-state index contributed by atoms with van der Waals surface area (Å²) in [5, 5.41) is 5.58. The van der Waals surface area contributed by atoms with Crippen LogP contribution in [0.15, 0.2) is 78.5 Å². The van der Waals surface area contributed by atoms with E-state index in [9.17, 15) is 9.59 Å². The minimum absolute atomic E-state index is 0.144. The number of ether oxygens (including phenoxy) is 1. The number of hydrogen-bond acceptors (Lipinski definition) is 3. The quantitative estimate of drug-likeness (QED) is 0.360. The molecule has 3 aromatic rings. The second-order valence-corrected chi connectivity index (χ2v) is 7.86. The molecule has 0 saturated heterocycles. The van der Waals surface area contributed by atoms with Gasteiger partial charge in [-0.15, -0.1) is 0 Å². The molecule has 6 heteroatoms. The van der Waals surface area contributed by atoms with Crippen molar-refractivity contribution in [2.24, 2.45) is 0 Å². The predicted molar refractivity (Wildman–Crippen MR) is 127 cm³/mol.